The number of amides is 1. The normalized spacial score (nSPS) is 17.5. The van der Waals surface area contributed by atoms with Crippen LogP contribution in [-0.4, -0.2) is 43.8 Å². The van der Waals surface area contributed by atoms with Gasteiger partial charge in [0.15, 0.2) is 6.61 Å². The number of nitrogens with one attached hydrogen (secondary N) is 2. The first-order chi connectivity index (χ1) is 12.2. The Morgan fingerprint density at radius 1 is 1.31 bits per heavy atom. The smallest absolute Gasteiger partial charge is 0.422 e. The van der Waals surface area contributed by atoms with Gasteiger partial charge >= 0.3 is 12.1 Å². The van der Waals surface area contributed by atoms with Crippen molar-refractivity contribution in [1.29, 1.82) is 0 Å². The topological polar surface area (TPSA) is 76.7 Å². The lowest BCUT2D eigenvalue weighted by Crippen LogP contribution is -2.43. The fourth-order valence-corrected chi connectivity index (χ4v) is 2.61. The lowest BCUT2D eigenvalue weighted by Gasteiger charge is -2.23. The van der Waals surface area contributed by atoms with Gasteiger partial charge in [0.2, 0.25) is 0 Å². The number of ether oxygens (including phenoxy) is 2. The largest absolute Gasteiger partial charge is 0.483 e. The van der Waals surface area contributed by atoms with Gasteiger partial charge in [-0.3, -0.25) is 9.59 Å². The maximum Gasteiger partial charge on any atom is 0.422 e. The van der Waals surface area contributed by atoms with Crippen LogP contribution in [0.5, 0.6) is 11.5 Å². The van der Waals surface area contributed by atoms with Crippen LogP contribution in [-0.2, 0) is 4.79 Å². The summed E-state index contributed by atoms with van der Waals surface area (Å²) in [5.41, 5.74) is -0.121. The summed E-state index contributed by atoms with van der Waals surface area (Å²) < 4.78 is 46.9. The molecule has 1 aliphatic heterocycles. The molecule has 0 radical (unpaired) electrons. The van der Waals surface area contributed by atoms with E-state index in [0.717, 1.165) is 25.8 Å². The summed E-state index contributed by atoms with van der Waals surface area (Å²) >= 11 is 0. The Hall–Kier alpha value is -2.29. The first kappa shape index (κ1) is 20.0. The Morgan fingerprint density at radius 3 is 2.69 bits per heavy atom. The molecule has 0 aromatic heterocycles. The number of hydrogen-bond acceptors (Lipinski definition) is 5. The molecule has 0 saturated carbocycles. The third kappa shape index (κ3) is 6.55. The molecule has 144 valence electrons. The van der Waals surface area contributed by atoms with Gasteiger partial charge in [-0.2, -0.15) is 13.2 Å². The van der Waals surface area contributed by atoms with Gasteiger partial charge in [-0.05, 0) is 37.6 Å². The van der Waals surface area contributed by atoms with E-state index in [0.29, 0.717) is 6.54 Å². The molecule has 9 heteroatoms. The second kappa shape index (κ2) is 8.88. The summed E-state index contributed by atoms with van der Waals surface area (Å²) in [6.45, 7) is 0.866. The van der Waals surface area contributed by atoms with E-state index in [9.17, 15) is 22.8 Å². The van der Waals surface area contributed by atoms with Crippen LogP contribution in [0.25, 0.3) is 0 Å². The van der Waals surface area contributed by atoms with Crippen molar-refractivity contribution in [2.45, 2.75) is 38.4 Å². The SMILES string of the molecule is CC(=O)Oc1ccc(OCC(F)(F)F)c(C(=O)NCC2CCCCN2)c1. The van der Waals surface area contributed by atoms with E-state index in [4.69, 9.17) is 9.47 Å². The highest BCUT2D eigenvalue weighted by Crippen LogP contribution is 2.26. The van der Waals surface area contributed by atoms with Crippen molar-refractivity contribution >= 4 is 11.9 Å². The molecule has 1 fully saturated rings. The van der Waals surface area contributed by atoms with E-state index in [2.05, 4.69) is 10.6 Å². The maximum atomic E-state index is 12.4. The van der Waals surface area contributed by atoms with Gasteiger partial charge in [0.05, 0.1) is 5.56 Å². The van der Waals surface area contributed by atoms with Crippen LogP contribution >= 0.6 is 0 Å². The van der Waals surface area contributed by atoms with Crippen molar-refractivity contribution in [3.8, 4) is 11.5 Å². The van der Waals surface area contributed by atoms with Gasteiger partial charge in [-0.15, -0.1) is 0 Å². The Kier molecular flexibility index (Phi) is 6.84. The van der Waals surface area contributed by atoms with Crippen molar-refractivity contribution in [2.24, 2.45) is 0 Å². The molecule has 1 amide bonds. The van der Waals surface area contributed by atoms with Crippen molar-refractivity contribution < 1.29 is 32.2 Å². The van der Waals surface area contributed by atoms with Crippen LogP contribution in [0.2, 0.25) is 0 Å². The third-order valence-corrected chi connectivity index (χ3v) is 3.77. The maximum absolute atomic E-state index is 12.4. The summed E-state index contributed by atoms with van der Waals surface area (Å²) in [6, 6.07) is 3.75. The zero-order valence-corrected chi connectivity index (χ0v) is 14.3. The average Bonchev–Trinajstić information content (AvgIpc) is 2.58. The van der Waals surface area contributed by atoms with E-state index in [1.54, 1.807) is 0 Å². The molecule has 2 N–H and O–H groups in total. The number of alkyl halides is 3. The van der Waals surface area contributed by atoms with Crippen molar-refractivity contribution in [3.05, 3.63) is 23.8 Å². The van der Waals surface area contributed by atoms with Gasteiger partial charge in [0, 0.05) is 19.5 Å². The number of carbonyl (C=O) groups is 2. The molecule has 1 aliphatic rings. The standard InChI is InChI=1S/C17H21F3N2O4/c1-11(23)26-13-5-6-15(25-10-17(18,19)20)14(8-13)16(24)22-9-12-4-2-3-7-21-12/h5-6,8,12,21H,2-4,7,9-10H2,1H3,(H,22,24). The van der Waals surface area contributed by atoms with Gasteiger partial charge < -0.3 is 20.1 Å². The van der Waals surface area contributed by atoms with E-state index in [1.807, 2.05) is 0 Å². The Labute approximate surface area is 149 Å². The summed E-state index contributed by atoms with van der Waals surface area (Å²) in [5.74, 6) is -1.37. The summed E-state index contributed by atoms with van der Waals surface area (Å²) in [7, 11) is 0. The number of esters is 1. The van der Waals surface area contributed by atoms with Crippen LogP contribution in [0.4, 0.5) is 13.2 Å². The minimum absolute atomic E-state index is 0.0535. The zero-order valence-electron chi connectivity index (χ0n) is 14.3. The molecule has 1 saturated heterocycles. The number of carbonyl (C=O) groups excluding carboxylic acids is 2. The summed E-state index contributed by atoms with van der Waals surface area (Å²) in [4.78, 5) is 23.5. The summed E-state index contributed by atoms with van der Waals surface area (Å²) in [6.07, 6.45) is -1.50. The molecule has 0 aliphatic carbocycles. The van der Waals surface area contributed by atoms with Crippen LogP contribution in [0.15, 0.2) is 18.2 Å². The first-order valence-electron chi connectivity index (χ1n) is 8.28. The minimum Gasteiger partial charge on any atom is -0.483 e. The monoisotopic (exact) mass is 374 g/mol. The van der Waals surface area contributed by atoms with Crippen LogP contribution in [0, 0.1) is 0 Å². The quantitative estimate of drug-likeness (QED) is 0.591. The molecule has 1 aromatic rings. The molecule has 6 nitrogen and oxygen atoms in total. The molecule has 1 atom stereocenters. The van der Waals surface area contributed by atoms with Crippen molar-refractivity contribution in [3.63, 3.8) is 0 Å². The zero-order chi connectivity index (χ0) is 19.2. The molecular weight excluding hydrogens is 353 g/mol. The predicted octanol–water partition coefficient (Wildman–Crippen LogP) is 2.42. The van der Waals surface area contributed by atoms with Gasteiger partial charge in [0.25, 0.3) is 5.91 Å². The van der Waals surface area contributed by atoms with Crippen LogP contribution in [0.1, 0.15) is 36.5 Å². The molecule has 1 unspecified atom stereocenters. The van der Waals surface area contributed by atoms with Crippen molar-refractivity contribution in [2.75, 3.05) is 19.7 Å². The van der Waals surface area contributed by atoms with Crippen LogP contribution < -0.4 is 20.1 Å². The molecule has 1 aromatic carbocycles. The number of halogens is 3. The average molecular weight is 374 g/mol. The Bertz CT molecular complexity index is 643. The van der Waals surface area contributed by atoms with E-state index in [-0.39, 0.29) is 23.1 Å². The van der Waals surface area contributed by atoms with Gasteiger partial charge in [-0.25, -0.2) is 0 Å². The third-order valence-electron chi connectivity index (χ3n) is 3.77. The molecular formula is C17H21F3N2O4. The lowest BCUT2D eigenvalue weighted by molar-refractivity contribution is -0.153. The number of rotatable bonds is 6. The highest BCUT2D eigenvalue weighted by atomic mass is 19.4. The second-order valence-corrected chi connectivity index (χ2v) is 6.01. The predicted molar refractivity (Wildman–Crippen MR) is 87.3 cm³/mol. The number of benzene rings is 1. The molecule has 1 heterocycles. The number of hydrogen-bond donors (Lipinski definition) is 2. The lowest BCUT2D eigenvalue weighted by atomic mass is 10.0. The Morgan fingerprint density at radius 2 is 2.08 bits per heavy atom. The minimum atomic E-state index is -4.53. The van der Waals surface area contributed by atoms with Gasteiger partial charge in [-0.1, -0.05) is 6.42 Å². The molecule has 0 bridgehead atoms. The highest BCUT2D eigenvalue weighted by Gasteiger charge is 2.29. The van der Waals surface area contributed by atoms with Gasteiger partial charge in [0.1, 0.15) is 11.5 Å². The van der Waals surface area contributed by atoms with E-state index >= 15 is 0 Å². The summed E-state index contributed by atoms with van der Waals surface area (Å²) in [5, 5.41) is 5.94. The van der Waals surface area contributed by atoms with Crippen LogP contribution in [0.3, 0.4) is 0 Å². The van der Waals surface area contributed by atoms with E-state index < -0.39 is 24.7 Å². The fraction of sp³-hybridized carbons (Fsp3) is 0.529. The molecule has 26 heavy (non-hydrogen) atoms. The number of piperidine rings is 1. The highest BCUT2D eigenvalue weighted by molar-refractivity contribution is 5.97. The fourth-order valence-electron chi connectivity index (χ4n) is 2.61. The van der Waals surface area contributed by atoms with E-state index in [1.165, 1.54) is 25.1 Å². The first-order valence-corrected chi connectivity index (χ1v) is 8.28. The second-order valence-electron chi connectivity index (χ2n) is 6.01. The molecule has 0 spiro atoms. The van der Waals surface area contributed by atoms with Crippen molar-refractivity contribution in [1.82, 2.24) is 10.6 Å². The molecule has 2 rings (SSSR count). The Balaban J connectivity index is 2.11.